The van der Waals surface area contributed by atoms with Gasteiger partial charge in [-0.2, -0.15) is 4.31 Å². The second kappa shape index (κ2) is 8.24. The van der Waals surface area contributed by atoms with Gasteiger partial charge in [-0.05, 0) is 40.2 Å². The van der Waals surface area contributed by atoms with Crippen LogP contribution < -0.4 is 5.32 Å². The maximum absolute atomic E-state index is 12.5. The highest BCUT2D eigenvalue weighted by Crippen LogP contribution is 2.20. The second-order valence-corrected chi connectivity index (χ2v) is 8.88. The Morgan fingerprint density at radius 1 is 1.25 bits per heavy atom. The van der Waals surface area contributed by atoms with Crippen molar-refractivity contribution in [3.63, 3.8) is 0 Å². The average molecular weight is 431 g/mol. The number of sulfonamides is 1. The van der Waals surface area contributed by atoms with Gasteiger partial charge in [0.15, 0.2) is 0 Å². The summed E-state index contributed by atoms with van der Waals surface area (Å²) in [4.78, 5) is 13.4. The molecule has 0 aliphatic rings. The lowest BCUT2D eigenvalue weighted by atomic mass is 10.2. The third-order valence-electron chi connectivity index (χ3n) is 3.48. The first-order chi connectivity index (χ1) is 11.4. The summed E-state index contributed by atoms with van der Waals surface area (Å²) in [7, 11) is -3.57. The van der Waals surface area contributed by atoms with E-state index in [1.165, 1.54) is 27.8 Å². The van der Waals surface area contributed by atoms with Gasteiger partial charge in [0.25, 0.3) is 5.91 Å². The van der Waals surface area contributed by atoms with Crippen LogP contribution in [0, 0.1) is 0 Å². The van der Waals surface area contributed by atoms with Crippen molar-refractivity contribution in [2.75, 3.05) is 13.1 Å². The Balaban J connectivity index is 2.16. The molecule has 8 heteroatoms. The fraction of sp³-hybridized carbons (Fsp3) is 0.312. The normalized spacial score (nSPS) is 11.7. The van der Waals surface area contributed by atoms with Crippen LogP contribution in [0.25, 0.3) is 0 Å². The number of hydrogen-bond donors (Lipinski definition) is 1. The van der Waals surface area contributed by atoms with Crippen LogP contribution >= 0.6 is 27.3 Å². The van der Waals surface area contributed by atoms with E-state index < -0.39 is 10.0 Å². The second-order valence-electron chi connectivity index (χ2n) is 5.03. The Morgan fingerprint density at radius 2 is 1.96 bits per heavy atom. The zero-order valence-electron chi connectivity index (χ0n) is 13.5. The molecule has 0 unspecified atom stereocenters. The molecule has 1 heterocycles. The molecule has 24 heavy (non-hydrogen) atoms. The highest BCUT2D eigenvalue weighted by atomic mass is 79.9. The molecule has 1 aromatic carbocycles. The summed E-state index contributed by atoms with van der Waals surface area (Å²) in [6.07, 6.45) is 0. The minimum absolute atomic E-state index is 0.137. The van der Waals surface area contributed by atoms with Crippen molar-refractivity contribution in [3.05, 3.63) is 50.6 Å². The van der Waals surface area contributed by atoms with Crippen molar-refractivity contribution >= 4 is 43.2 Å². The Kier molecular flexibility index (Phi) is 6.56. The molecule has 5 nitrogen and oxygen atoms in total. The van der Waals surface area contributed by atoms with Gasteiger partial charge >= 0.3 is 0 Å². The first kappa shape index (κ1) is 19.1. The number of hydrogen-bond acceptors (Lipinski definition) is 4. The zero-order chi connectivity index (χ0) is 17.7. The van der Waals surface area contributed by atoms with E-state index in [0.29, 0.717) is 25.2 Å². The van der Waals surface area contributed by atoms with Crippen LogP contribution in [0.3, 0.4) is 0 Å². The Hall–Kier alpha value is -1.22. The minimum atomic E-state index is -3.57. The van der Waals surface area contributed by atoms with E-state index in [-0.39, 0.29) is 10.8 Å². The van der Waals surface area contributed by atoms with Crippen molar-refractivity contribution in [2.45, 2.75) is 25.3 Å². The van der Waals surface area contributed by atoms with Gasteiger partial charge in [0.2, 0.25) is 10.0 Å². The Morgan fingerprint density at radius 3 is 2.54 bits per heavy atom. The van der Waals surface area contributed by atoms with Crippen LogP contribution in [-0.4, -0.2) is 31.7 Å². The summed E-state index contributed by atoms with van der Waals surface area (Å²) in [6, 6.07) is 8.08. The highest BCUT2D eigenvalue weighted by Gasteiger charge is 2.22. The van der Waals surface area contributed by atoms with Crippen molar-refractivity contribution in [1.29, 1.82) is 0 Å². The van der Waals surface area contributed by atoms with Crippen LogP contribution in [-0.2, 0) is 16.6 Å². The highest BCUT2D eigenvalue weighted by molar-refractivity contribution is 9.10. The number of carbonyl (C=O) groups is 1. The molecule has 0 radical (unpaired) electrons. The van der Waals surface area contributed by atoms with Gasteiger partial charge in [-0.15, -0.1) is 11.3 Å². The number of rotatable bonds is 7. The van der Waals surface area contributed by atoms with Crippen LogP contribution in [0.1, 0.15) is 29.1 Å². The molecule has 0 aliphatic carbocycles. The number of amides is 1. The first-order valence-corrected chi connectivity index (χ1v) is 10.6. The molecular formula is C16H19BrN2O3S2. The number of thiophene rings is 1. The van der Waals surface area contributed by atoms with Gasteiger partial charge in [-0.25, -0.2) is 8.42 Å². The van der Waals surface area contributed by atoms with Crippen LogP contribution in [0.5, 0.6) is 0 Å². The number of nitrogens with one attached hydrogen (secondary N) is 1. The van der Waals surface area contributed by atoms with Crippen molar-refractivity contribution in [2.24, 2.45) is 0 Å². The van der Waals surface area contributed by atoms with Crippen LogP contribution in [0.15, 0.2) is 45.1 Å². The van der Waals surface area contributed by atoms with Crippen molar-refractivity contribution in [3.8, 4) is 0 Å². The summed E-state index contributed by atoms with van der Waals surface area (Å²) >= 11 is 4.91. The Bertz CT molecular complexity index is 814. The molecule has 0 atom stereocenters. The Labute approximate surface area is 154 Å². The zero-order valence-corrected chi connectivity index (χ0v) is 16.7. The number of nitrogens with zero attached hydrogens (tertiary/aromatic N) is 1. The molecule has 0 saturated carbocycles. The monoisotopic (exact) mass is 430 g/mol. The molecule has 2 rings (SSSR count). The molecule has 0 aliphatic heterocycles. The summed E-state index contributed by atoms with van der Waals surface area (Å²) in [5.41, 5.74) is 0.332. The summed E-state index contributed by atoms with van der Waals surface area (Å²) in [6.45, 7) is 4.76. The molecule has 1 N–H and O–H groups in total. The summed E-state index contributed by atoms with van der Waals surface area (Å²) in [5.74, 6) is -0.295. The third-order valence-corrected chi connectivity index (χ3v) is 7.23. The molecule has 1 amide bonds. The van der Waals surface area contributed by atoms with E-state index in [1.54, 1.807) is 26.0 Å². The van der Waals surface area contributed by atoms with Gasteiger partial charge in [-0.3, -0.25) is 4.79 Å². The quantitative estimate of drug-likeness (QED) is 0.730. The molecule has 130 valence electrons. The maximum Gasteiger partial charge on any atom is 0.251 e. The van der Waals surface area contributed by atoms with Crippen LogP contribution in [0.4, 0.5) is 0 Å². The van der Waals surface area contributed by atoms with E-state index in [1.807, 2.05) is 11.4 Å². The lowest BCUT2D eigenvalue weighted by Gasteiger charge is -2.18. The van der Waals surface area contributed by atoms with Crippen molar-refractivity contribution < 1.29 is 13.2 Å². The summed E-state index contributed by atoms with van der Waals surface area (Å²) in [5, 5.41) is 4.75. The van der Waals surface area contributed by atoms with Crippen LogP contribution in [0.2, 0.25) is 0 Å². The van der Waals surface area contributed by atoms with Gasteiger partial charge in [0.1, 0.15) is 0 Å². The van der Waals surface area contributed by atoms with E-state index in [9.17, 15) is 13.2 Å². The number of carbonyl (C=O) groups excluding carboxylic acids is 1. The predicted octanol–water partition coefficient (Wildman–Crippen LogP) is 3.47. The predicted molar refractivity (Wildman–Crippen MR) is 99.7 cm³/mol. The van der Waals surface area contributed by atoms with Crippen molar-refractivity contribution in [1.82, 2.24) is 9.62 Å². The average Bonchev–Trinajstić information content (AvgIpc) is 2.99. The molecule has 0 spiro atoms. The molecule has 1 aromatic heterocycles. The first-order valence-electron chi connectivity index (χ1n) is 7.49. The number of halogens is 1. The molecule has 0 fully saturated rings. The lowest BCUT2D eigenvalue weighted by Crippen LogP contribution is -2.31. The number of benzene rings is 1. The van der Waals surface area contributed by atoms with E-state index >= 15 is 0 Å². The van der Waals surface area contributed by atoms with E-state index in [2.05, 4.69) is 21.2 Å². The smallest absolute Gasteiger partial charge is 0.251 e. The maximum atomic E-state index is 12.5. The lowest BCUT2D eigenvalue weighted by molar-refractivity contribution is 0.0951. The van der Waals surface area contributed by atoms with Gasteiger partial charge < -0.3 is 5.32 Å². The summed E-state index contributed by atoms with van der Waals surface area (Å²) < 4.78 is 27.4. The van der Waals surface area contributed by atoms with Gasteiger partial charge in [0, 0.05) is 33.4 Å². The molecule has 2 aromatic rings. The fourth-order valence-corrected chi connectivity index (χ4v) is 5.12. The fourth-order valence-electron chi connectivity index (χ4n) is 2.23. The standard InChI is InChI=1S/C16H19BrN2O3S2/c1-3-19(4-2)24(21,22)15-7-5-6-12(8-15)16(20)18-10-14-9-13(17)11-23-14/h5-9,11H,3-4,10H2,1-2H3,(H,18,20). The van der Waals surface area contributed by atoms with Gasteiger partial charge in [-0.1, -0.05) is 19.9 Å². The van der Waals surface area contributed by atoms with E-state index in [4.69, 9.17) is 0 Å². The third kappa shape index (κ3) is 4.44. The molecular weight excluding hydrogens is 412 g/mol. The molecule has 0 saturated heterocycles. The van der Waals surface area contributed by atoms with E-state index in [0.717, 1.165) is 9.35 Å². The van der Waals surface area contributed by atoms with Gasteiger partial charge in [0.05, 0.1) is 11.4 Å². The SMILES string of the molecule is CCN(CC)S(=O)(=O)c1cccc(C(=O)NCc2cc(Br)cs2)c1. The minimum Gasteiger partial charge on any atom is -0.347 e. The molecule has 0 bridgehead atoms. The topological polar surface area (TPSA) is 66.5 Å². The largest absolute Gasteiger partial charge is 0.347 e.